The molecule has 0 aliphatic carbocycles. The summed E-state index contributed by atoms with van der Waals surface area (Å²) in [6.07, 6.45) is 0. The predicted octanol–water partition coefficient (Wildman–Crippen LogP) is 3.57. The second kappa shape index (κ2) is 10.4. The minimum absolute atomic E-state index is 0.0716. The van der Waals surface area contributed by atoms with Gasteiger partial charge in [-0.2, -0.15) is 4.37 Å². The molecule has 0 bridgehead atoms. The maximum absolute atomic E-state index is 14.3. The number of benzene rings is 2. The quantitative estimate of drug-likeness (QED) is 0.333. The van der Waals surface area contributed by atoms with Crippen molar-refractivity contribution in [1.29, 1.82) is 0 Å². The molecular weight excluding hydrogens is 485 g/mol. The highest BCUT2D eigenvalue weighted by atomic mass is 32.1. The summed E-state index contributed by atoms with van der Waals surface area (Å²) in [5, 5.41) is 2.81. The summed E-state index contributed by atoms with van der Waals surface area (Å²) in [6.45, 7) is 1.87. The lowest BCUT2D eigenvalue weighted by atomic mass is 10.1. The Hall–Kier alpha value is -4.51. The lowest BCUT2D eigenvalue weighted by Crippen LogP contribution is -2.43. The first-order valence-corrected chi connectivity index (χ1v) is 11.6. The second-order valence-corrected chi connectivity index (χ2v) is 8.62. The van der Waals surface area contributed by atoms with Gasteiger partial charge in [0.25, 0.3) is 17.7 Å². The highest BCUT2D eigenvalue weighted by Gasteiger charge is 2.38. The van der Waals surface area contributed by atoms with E-state index < -0.39 is 29.6 Å². The van der Waals surface area contributed by atoms with Gasteiger partial charge in [-0.3, -0.25) is 19.3 Å². The highest BCUT2D eigenvalue weighted by molar-refractivity contribution is 7.09. The van der Waals surface area contributed by atoms with Crippen LogP contribution >= 0.6 is 11.5 Å². The van der Waals surface area contributed by atoms with Crippen LogP contribution in [0.2, 0.25) is 0 Å². The lowest BCUT2D eigenvalue weighted by molar-refractivity contribution is -0.123. The molecule has 3 amide bonds. The van der Waals surface area contributed by atoms with Gasteiger partial charge in [-0.05, 0) is 54.4 Å². The first-order valence-electron chi connectivity index (χ1n) is 10.8. The smallest absolute Gasteiger partial charge is 0.273 e. The second-order valence-electron chi connectivity index (χ2n) is 7.85. The zero-order valence-electron chi connectivity index (χ0n) is 19.1. The van der Waals surface area contributed by atoms with Crippen LogP contribution in [0.3, 0.4) is 0 Å². The predicted molar refractivity (Wildman–Crippen MR) is 133 cm³/mol. The molecule has 4 aromatic rings. The third kappa shape index (κ3) is 5.10. The molecule has 0 radical (unpaired) electrons. The molecule has 5 N–H and O–H groups in total. The van der Waals surface area contributed by atoms with Crippen molar-refractivity contribution in [2.75, 3.05) is 10.6 Å². The van der Waals surface area contributed by atoms with Gasteiger partial charge in [0.15, 0.2) is 11.7 Å². The minimum atomic E-state index is -1.34. The molecule has 2 aromatic carbocycles. The fraction of sp³-hybridized carbons (Fsp3) is 0.120. The van der Waals surface area contributed by atoms with Crippen molar-refractivity contribution < 1.29 is 23.2 Å². The summed E-state index contributed by atoms with van der Waals surface area (Å²) in [4.78, 5) is 40.0. The average Bonchev–Trinajstić information content (AvgIpc) is 3.46. The number of nitrogen functional groups attached to an aromatic ring is 1. The van der Waals surface area contributed by atoms with Crippen LogP contribution in [0.15, 0.2) is 71.1 Å². The molecule has 1 unspecified atom stereocenters. The topological polar surface area (TPSA) is 145 Å². The standard InChI is InChI=1S/C25H22FN5O4S/c1-14-10-11-18(35-14)21(24(33)29-13-15-6-3-2-4-7-15)31(17-9-5-8-16(26)12-17)25(34)22-19(27)20(23(28)32)30-36-22/h2-12,21H,13,27H2,1H3,(H2,28,32)(H,29,33). The number of nitrogens with zero attached hydrogens (tertiary/aromatic N) is 2. The Balaban J connectivity index is 1.81. The van der Waals surface area contributed by atoms with Crippen molar-refractivity contribution >= 4 is 40.6 Å². The number of hydrogen-bond donors (Lipinski definition) is 3. The van der Waals surface area contributed by atoms with Crippen molar-refractivity contribution in [3.05, 3.63) is 100 Å². The number of amides is 3. The minimum Gasteiger partial charge on any atom is -0.464 e. The molecule has 11 heteroatoms. The number of rotatable bonds is 8. The molecule has 0 saturated carbocycles. The fourth-order valence-corrected chi connectivity index (χ4v) is 4.35. The number of aryl methyl sites for hydroxylation is 1. The maximum Gasteiger partial charge on any atom is 0.273 e. The van der Waals surface area contributed by atoms with E-state index in [0.29, 0.717) is 17.3 Å². The van der Waals surface area contributed by atoms with Gasteiger partial charge in [0, 0.05) is 12.2 Å². The Morgan fingerprint density at radius 2 is 1.86 bits per heavy atom. The molecule has 0 fully saturated rings. The van der Waals surface area contributed by atoms with Crippen LogP contribution in [0, 0.1) is 12.7 Å². The Labute approximate surface area is 209 Å². The van der Waals surface area contributed by atoms with Crippen molar-refractivity contribution in [1.82, 2.24) is 9.69 Å². The molecule has 0 spiro atoms. The molecular formula is C25H22FN5O4S. The van der Waals surface area contributed by atoms with Crippen LogP contribution in [0.5, 0.6) is 0 Å². The molecule has 1 atom stereocenters. The van der Waals surface area contributed by atoms with Gasteiger partial charge < -0.3 is 21.2 Å². The zero-order chi connectivity index (χ0) is 25.8. The van der Waals surface area contributed by atoms with Gasteiger partial charge >= 0.3 is 0 Å². The third-order valence-electron chi connectivity index (χ3n) is 5.31. The number of nitrogens with one attached hydrogen (secondary N) is 1. The number of halogens is 1. The third-order valence-corrected chi connectivity index (χ3v) is 6.16. The van der Waals surface area contributed by atoms with Crippen LogP contribution in [0.25, 0.3) is 0 Å². The SMILES string of the molecule is Cc1ccc(C(C(=O)NCc2ccccc2)N(C(=O)c2snc(C(N)=O)c2N)c2cccc(F)c2)o1. The normalized spacial score (nSPS) is 11.6. The molecule has 9 nitrogen and oxygen atoms in total. The van der Waals surface area contributed by atoms with E-state index in [1.165, 1.54) is 18.2 Å². The molecule has 0 aliphatic heterocycles. The fourth-order valence-electron chi connectivity index (χ4n) is 3.60. The van der Waals surface area contributed by atoms with Crippen molar-refractivity contribution in [3.63, 3.8) is 0 Å². The Morgan fingerprint density at radius 3 is 2.47 bits per heavy atom. The van der Waals surface area contributed by atoms with E-state index in [1.807, 2.05) is 30.3 Å². The number of carbonyl (C=O) groups excluding carboxylic acids is 3. The van der Waals surface area contributed by atoms with E-state index in [-0.39, 0.29) is 34.3 Å². The van der Waals surface area contributed by atoms with Crippen LogP contribution in [-0.4, -0.2) is 22.1 Å². The van der Waals surface area contributed by atoms with Gasteiger partial charge in [-0.15, -0.1) is 0 Å². The first kappa shape index (κ1) is 24.6. The van der Waals surface area contributed by atoms with Crippen molar-refractivity contribution in [3.8, 4) is 0 Å². The first-order chi connectivity index (χ1) is 17.3. The number of nitrogens with two attached hydrogens (primary N) is 2. The summed E-state index contributed by atoms with van der Waals surface area (Å²) in [7, 11) is 0. The van der Waals surface area contributed by atoms with Gasteiger partial charge in [0.1, 0.15) is 22.2 Å². The van der Waals surface area contributed by atoms with Gasteiger partial charge in [-0.1, -0.05) is 36.4 Å². The van der Waals surface area contributed by atoms with Crippen LogP contribution < -0.4 is 21.7 Å². The van der Waals surface area contributed by atoms with E-state index >= 15 is 0 Å². The summed E-state index contributed by atoms with van der Waals surface area (Å²) in [5.41, 5.74) is 11.7. The van der Waals surface area contributed by atoms with Crippen LogP contribution in [0.1, 0.15) is 43.3 Å². The van der Waals surface area contributed by atoms with Gasteiger partial charge in [0.05, 0.1) is 5.69 Å². The Kier molecular flexibility index (Phi) is 7.11. The molecule has 0 aliphatic rings. The summed E-state index contributed by atoms with van der Waals surface area (Å²) in [6, 6.07) is 16.3. The number of hydrogen-bond acceptors (Lipinski definition) is 7. The Bertz CT molecular complexity index is 1420. The van der Waals surface area contributed by atoms with E-state index in [9.17, 15) is 18.8 Å². The molecule has 4 rings (SSSR count). The van der Waals surface area contributed by atoms with E-state index in [1.54, 1.807) is 19.1 Å². The van der Waals surface area contributed by atoms with Crippen molar-refractivity contribution in [2.45, 2.75) is 19.5 Å². The monoisotopic (exact) mass is 507 g/mol. The number of primary amides is 1. The van der Waals surface area contributed by atoms with Crippen LogP contribution in [0.4, 0.5) is 15.8 Å². The van der Waals surface area contributed by atoms with Crippen molar-refractivity contribution in [2.24, 2.45) is 5.73 Å². The average molecular weight is 508 g/mol. The molecule has 0 saturated heterocycles. The Morgan fingerprint density at radius 1 is 1.11 bits per heavy atom. The van der Waals surface area contributed by atoms with E-state index in [4.69, 9.17) is 15.9 Å². The van der Waals surface area contributed by atoms with E-state index in [0.717, 1.165) is 16.5 Å². The number of furan rings is 1. The van der Waals surface area contributed by atoms with Gasteiger partial charge in [0.2, 0.25) is 0 Å². The lowest BCUT2D eigenvalue weighted by Gasteiger charge is -2.29. The summed E-state index contributed by atoms with van der Waals surface area (Å²) in [5.74, 6) is -2.24. The number of carbonyl (C=O) groups is 3. The summed E-state index contributed by atoms with van der Waals surface area (Å²) >= 11 is 0.656. The highest BCUT2D eigenvalue weighted by Crippen LogP contribution is 2.34. The van der Waals surface area contributed by atoms with Gasteiger partial charge in [-0.25, -0.2) is 4.39 Å². The number of aromatic nitrogens is 1. The molecule has 36 heavy (non-hydrogen) atoms. The maximum atomic E-state index is 14.3. The largest absolute Gasteiger partial charge is 0.464 e. The molecule has 2 heterocycles. The molecule has 2 aromatic heterocycles. The zero-order valence-corrected chi connectivity index (χ0v) is 19.9. The van der Waals surface area contributed by atoms with Crippen LogP contribution in [-0.2, 0) is 11.3 Å². The summed E-state index contributed by atoms with van der Waals surface area (Å²) < 4.78 is 23.9. The number of anilines is 2. The van der Waals surface area contributed by atoms with E-state index in [2.05, 4.69) is 9.69 Å². The molecule has 184 valence electrons.